The average Bonchev–Trinajstić information content (AvgIpc) is 2.49. The monoisotopic (exact) mass is 264 g/mol. The van der Waals surface area contributed by atoms with E-state index in [1.807, 2.05) is 6.07 Å². The molecule has 0 radical (unpaired) electrons. The molecule has 0 aliphatic carbocycles. The Kier molecular flexibility index (Phi) is 4.10. The maximum atomic E-state index is 5.91. The number of ether oxygens (including phenoxy) is 2. The van der Waals surface area contributed by atoms with E-state index in [4.69, 9.17) is 9.47 Å². The van der Waals surface area contributed by atoms with Crippen molar-refractivity contribution in [3.63, 3.8) is 0 Å². The molecule has 1 N–H and O–H groups in total. The Hall–Kier alpha value is -1.40. The molecule has 1 aromatic heterocycles. The fourth-order valence-corrected chi connectivity index (χ4v) is 2.43. The van der Waals surface area contributed by atoms with Crippen LogP contribution in [0.5, 0.6) is 5.88 Å². The minimum Gasteiger partial charge on any atom is -0.474 e. The summed E-state index contributed by atoms with van der Waals surface area (Å²) in [6, 6.07) is 1.95. The second-order valence-corrected chi connectivity index (χ2v) is 4.88. The van der Waals surface area contributed by atoms with Crippen molar-refractivity contribution >= 4 is 5.82 Å². The third kappa shape index (κ3) is 3.33. The van der Waals surface area contributed by atoms with Gasteiger partial charge in [-0.1, -0.05) is 0 Å². The van der Waals surface area contributed by atoms with E-state index >= 15 is 0 Å². The van der Waals surface area contributed by atoms with Crippen LogP contribution < -0.4 is 15.0 Å². The van der Waals surface area contributed by atoms with Crippen molar-refractivity contribution in [1.82, 2.24) is 15.3 Å². The number of hydrogen-bond acceptors (Lipinski definition) is 6. The quantitative estimate of drug-likeness (QED) is 0.855. The number of anilines is 1. The van der Waals surface area contributed by atoms with E-state index in [2.05, 4.69) is 20.2 Å². The summed E-state index contributed by atoms with van der Waals surface area (Å²) in [6.07, 6.45) is 3.69. The normalized spacial score (nSPS) is 21.4. The third-order valence-electron chi connectivity index (χ3n) is 3.52. The summed E-state index contributed by atoms with van der Waals surface area (Å²) in [7, 11) is 0. The maximum absolute atomic E-state index is 5.91. The van der Waals surface area contributed by atoms with Crippen molar-refractivity contribution < 1.29 is 9.47 Å². The van der Waals surface area contributed by atoms with Gasteiger partial charge in [0.1, 0.15) is 18.2 Å². The molecule has 0 spiro atoms. The van der Waals surface area contributed by atoms with Gasteiger partial charge in [0.05, 0.1) is 13.2 Å². The number of hydrogen-bond donors (Lipinski definition) is 1. The molecular weight excluding hydrogens is 244 g/mol. The van der Waals surface area contributed by atoms with Crippen LogP contribution >= 0.6 is 0 Å². The predicted octanol–water partition coefficient (Wildman–Crippen LogP) is 0.444. The van der Waals surface area contributed by atoms with Gasteiger partial charge in [0.25, 0.3) is 0 Å². The van der Waals surface area contributed by atoms with Gasteiger partial charge in [-0.25, -0.2) is 9.97 Å². The number of nitrogens with one attached hydrogen (secondary N) is 1. The van der Waals surface area contributed by atoms with Crippen LogP contribution in [0.25, 0.3) is 0 Å². The van der Waals surface area contributed by atoms with Crippen molar-refractivity contribution in [2.45, 2.75) is 18.9 Å². The van der Waals surface area contributed by atoms with E-state index in [-0.39, 0.29) is 6.10 Å². The summed E-state index contributed by atoms with van der Waals surface area (Å²) in [5.74, 6) is 1.63. The fraction of sp³-hybridized carbons (Fsp3) is 0.692. The van der Waals surface area contributed by atoms with E-state index in [0.29, 0.717) is 5.88 Å². The molecule has 3 heterocycles. The van der Waals surface area contributed by atoms with Gasteiger partial charge in [-0.3, -0.25) is 0 Å². The number of piperazine rings is 1. The van der Waals surface area contributed by atoms with Gasteiger partial charge in [0.2, 0.25) is 5.88 Å². The van der Waals surface area contributed by atoms with E-state index in [1.54, 1.807) is 6.33 Å². The maximum Gasteiger partial charge on any atom is 0.218 e. The van der Waals surface area contributed by atoms with Gasteiger partial charge >= 0.3 is 0 Å². The summed E-state index contributed by atoms with van der Waals surface area (Å²) in [6.45, 7) is 5.52. The molecule has 2 saturated heterocycles. The lowest BCUT2D eigenvalue weighted by Gasteiger charge is -2.28. The first-order valence-corrected chi connectivity index (χ1v) is 6.94. The van der Waals surface area contributed by atoms with Crippen LogP contribution in [-0.2, 0) is 4.74 Å². The Morgan fingerprint density at radius 1 is 1.21 bits per heavy atom. The van der Waals surface area contributed by atoms with Crippen molar-refractivity contribution in [1.29, 1.82) is 0 Å². The molecule has 0 saturated carbocycles. The summed E-state index contributed by atoms with van der Waals surface area (Å²) < 4.78 is 11.2. The summed E-state index contributed by atoms with van der Waals surface area (Å²) in [5, 5.41) is 3.33. The fourth-order valence-electron chi connectivity index (χ4n) is 2.43. The molecule has 0 atom stereocenters. The number of aromatic nitrogens is 2. The van der Waals surface area contributed by atoms with Crippen LogP contribution in [0.15, 0.2) is 12.4 Å². The van der Waals surface area contributed by atoms with Crippen molar-refractivity contribution in [3.8, 4) is 5.88 Å². The Labute approximate surface area is 113 Å². The lowest BCUT2D eigenvalue weighted by atomic mass is 10.1. The van der Waals surface area contributed by atoms with Gasteiger partial charge in [0, 0.05) is 45.1 Å². The van der Waals surface area contributed by atoms with E-state index in [1.165, 1.54) is 0 Å². The predicted molar refractivity (Wildman–Crippen MR) is 71.6 cm³/mol. The molecule has 0 amide bonds. The van der Waals surface area contributed by atoms with Crippen LogP contribution in [0.2, 0.25) is 0 Å². The van der Waals surface area contributed by atoms with Gasteiger partial charge in [0.15, 0.2) is 0 Å². The van der Waals surface area contributed by atoms with Crippen molar-refractivity contribution in [3.05, 3.63) is 12.4 Å². The summed E-state index contributed by atoms with van der Waals surface area (Å²) in [5.41, 5.74) is 0. The first kappa shape index (κ1) is 12.6. The highest BCUT2D eigenvalue weighted by Gasteiger charge is 2.17. The zero-order valence-electron chi connectivity index (χ0n) is 11.0. The molecule has 0 bridgehead atoms. The molecule has 3 rings (SSSR count). The standard InChI is InChI=1S/C13H20N4O2/c1-7-18-8-2-11(1)19-13-9-12(15-10-16-13)17-5-3-14-4-6-17/h9-11,14H,1-8H2. The highest BCUT2D eigenvalue weighted by Crippen LogP contribution is 2.19. The van der Waals surface area contributed by atoms with Crippen LogP contribution in [-0.4, -0.2) is 55.5 Å². The molecule has 0 unspecified atom stereocenters. The van der Waals surface area contributed by atoms with Crippen molar-refractivity contribution in [2.75, 3.05) is 44.3 Å². The SMILES string of the molecule is c1nc(OC2CCOCC2)cc(N2CCNCC2)n1. The Bertz CT molecular complexity index is 403. The van der Waals surface area contributed by atoms with E-state index in [0.717, 1.165) is 58.1 Å². The highest BCUT2D eigenvalue weighted by molar-refractivity contribution is 5.41. The Morgan fingerprint density at radius 3 is 2.79 bits per heavy atom. The third-order valence-corrected chi connectivity index (χ3v) is 3.52. The lowest BCUT2D eigenvalue weighted by molar-refractivity contribution is 0.0237. The highest BCUT2D eigenvalue weighted by atomic mass is 16.5. The van der Waals surface area contributed by atoms with Gasteiger partial charge in [-0.2, -0.15) is 0 Å². The summed E-state index contributed by atoms with van der Waals surface area (Å²) in [4.78, 5) is 10.8. The van der Waals surface area contributed by atoms with Crippen LogP contribution in [0.3, 0.4) is 0 Å². The molecule has 2 fully saturated rings. The van der Waals surface area contributed by atoms with Gasteiger partial charge < -0.3 is 19.7 Å². The number of rotatable bonds is 3. The molecule has 1 aromatic rings. The van der Waals surface area contributed by atoms with Crippen LogP contribution in [0.1, 0.15) is 12.8 Å². The molecule has 104 valence electrons. The average molecular weight is 264 g/mol. The van der Waals surface area contributed by atoms with E-state index in [9.17, 15) is 0 Å². The minimum atomic E-state index is 0.222. The molecule has 6 nitrogen and oxygen atoms in total. The minimum absolute atomic E-state index is 0.222. The van der Waals surface area contributed by atoms with Crippen LogP contribution in [0, 0.1) is 0 Å². The molecule has 2 aliphatic rings. The second-order valence-electron chi connectivity index (χ2n) is 4.88. The van der Waals surface area contributed by atoms with E-state index < -0.39 is 0 Å². The molecule has 0 aromatic carbocycles. The molecule has 19 heavy (non-hydrogen) atoms. The zero-order valence-corrected chi connectivity index (χ0v) is 11.0. The van der Waals surface area contributed by atoms with Crippen molar-refractivity contribution in [2.24, 2.45) is 0 Å². The second kappa shape index (κ2) is 6.16. The summed E-state index contributed by atoms with van der Waals surface area (Å²) >= 11 is 0. The van der Waals surface area contributed by atoms with Gasteiger partial charge in [-0.15, -0.1) is 0 Å². The Morgan fingerprint density at radius 2 is 2.00 bits per heavy atom. The molecular formula is C13H20N4O2. The first-order valence-electron chi connectivity index (χ1n) is 6.94. The Balaban J connectivity index is 1.64. The van der Waals surface area contributed by atoms with Crippen LogP contribution in [0.4, 0.5) is 5.82 Å². The lowest BCUT2D eigenvalue weighted by Crippen LogP contribution is -2.43. The smallest absolute Gasteiger partial charge is 0.218 e. The topological polar surface area (TPSA) is 59.5 Å². The zero-order chi connectivity index (χ0) is 12.9. The molecule has 2 aliphatic heterocycles. The first-order chi connectivity index (χ1) is 9.42. The largest absolute Gasteiger partial charge is 0.474 e. The number of nitrogens with zero attached hydrogens (tertiary/aromatic N) is 3. The van der Waals surface area contributed by atoms with Gasteiger partial charge in [-0.05, 0) is 0 Å². The molecule has 6 heteroatoms.